The summed E-state index contributed by atoms with van der Waals surface area (Å²) in [5, 5.41) is 0. The molecule has 21 heavy (non-hydrogen) atoms. The molecule has 0 amide bonds. The normalized spacial score (nSPS) is 12.0. The fraction of sp³-hybridized carbons (Fsp3) is 0.333. The Balaban J connectivity index is 2.13. The smallest absolute Gasteiger partial charge is 0.240 e. The molecule has 2 aromatic rings. The summed E-state index contributed by atoms with van der Waals surface area (Å²) in [6.07, 6.45) is 3.23. The number of nitrogens with two attached hydrogens (primary N) is 1. The predicted molar refractivity (Wildman–Crippen MR) is 80.0 cm³/mol. The second-order valence-corrected chi connectivity index (χ2v) is 4.55. The number of nitrogens with one attached hydrogen (secondary N) is 1. The van der Waals surface area contributed by atoms with Crippen molar-refractivity contribution in [2.24, 2.45) is 5.84 Å². The molecule has 6 heteroatoms. The Morgan fingerprint density at radius 3 is 2.57 bits per heavy atom. The quantitative estimate of drug-likeness (QED) is 0.595. The Hall–Kier alpha value is -2.18. The van der Waals surface area contributed by atoms with E-state index < -0.39 is 0 Å². The third-order valence-corrected chi connectivity index (χ3v) is 3.24. The number of benzene rings is 1. The number of hydrogen-bond donors (Lipinski definition) is 2. The van der Waals surface area contributed by atoms with E-state index in [-0.39, 0.29) is 6.04 Å². The molecule has 3 N–H and O–H groups in total. The molecule has 0 aliphatic rings. The maximum atomic E-state index is 5.66. The van der Waals surface area contributed by atoms with Gasteiger partial charge < -0.3 is 9.47 Å². The lowest BCUT2D eigenvalue weighted by Crippen LogP contribution is -2.29. The summed E-state index contributed by atoms with van der Waals surface area (Å²) in [4.78, 5) is 8.58. The van der Waals surface area contributed by atoms with Crippen LogP contribution in [0.5, 0.6) is 11.8 Å². The highest BCUT2D eigenvalue weighted by atomic mass is 16.5. The first-order valence-electron chi connectivity index (χ1n) is 6.73. The summed E-state index contributed by atoms with van der Waals surface area (Å²) in [6, 6.07) is 10.1. The van der Waals surface area contributed by atoms with Gasteiger partial charge in [0.05, 0.1) is 26.5 Å². The molecule has 0 fully saturated rings. The summed E-state index contributed by atoms with van der Waals surface area (Å²) in [7, 11) is 3.09. The Bertz CT molecular complexity index is 563. The Morgan fingerprint density at radius 2 is 1.95 bits per heavy atom. The van der Waals surface area contributed by atoms with Crippen LogP contribution in [0.2, 0.25) is 0 Å². The monoisotopic (exact) mass is 288 g/mol. The minimum absolute atomic E-state index is 0.140. The highest BCUT2D eigenvalue weighted by molar-refractivity contribution is 5.26. The van der Waals surface area contributed by atoms with Crippen LogP contribution in [0.1, 0.15) is 23.7 Å². The first-order chi connectivity index (χ1) is 10.3. The van der Waals surface area contributed by atoms with Crippen molar-refractivity contribution >= 4 is 0 Å². The molecule has 2 rings (SSSR count). The summed E-state index contributed by atoms with van der Waals surface area (Å²) in [5.41, 5.74) is 4.70. The van der Waals surface area contributed by atoms with Crippen LogP contribution in [0.25, 0.3) is 0 Å². The van der Waals surface area contributed by atoms with Gasteiger partial charge in [-0.15, -0.1) is 0 Å². The van der Waals surface area contributed by atoms with Crippen molar-refractivity contribution in [1.82, 2.24) is 15.4 Å². The van der Waals surface area contributed by atoms with E-state index in [2.05, 4.69) is 27.5 Å². The highest BCUT2D eigenvalue weighted by Gasteiger charge is 2.18. The summed E-state index contributed by atoms with van der Waals surface area (Å²) < 4.78 is 10.3. The van der Waals surface area contributed by atoms with Gasteiger partial charge in [0.2, 0.25) is 11.8 Å². The summed E-state index contributed by atoms with van der Waals surface area (Å²) in [5.74, 6) is 6.49. The molecule has 0 aliphatic heterocycles. The zero-order valence-corrected chi connectivity index (χ0v) is 12.2. The van der Waals surface area contributed by atoms with Crippen LogP contribution in [-0.4, -0.2) is 24.2 Å². The van der Waals surface area contributed by atoms with Gasteiger partial charge in [-0.1, -0.05) is 30.3 Å². The second kappa shape index (κ2) is 7.56. The van der Waals surface area contributed by atoms with Gasteiger partial charge in [-0.05, 0) is 18.4 Å². The first-order valence-corrected chi connectivity index (χ1v) is 6.73. The van der Waals surface area contributed by atoms with Crippen LogP contribution < -0.4 is 20.7 Å². The fourth-order valence-electron chi connectivity index (χ4n) is 2.11. The van der Waals surface area contributed by atoms with Crippen molar-refractivity contribution in [3.05, 3.63) is 47.8 Å². The van der Waals surface area contributed by atoms with Crippen molar-refractivity contribution < 1.29 is 9.47 Å². The maximum absolute atomic E-state index is 5.66. The van der Waals surface area contributed by atoms with E-state index in [1.54, 1.807) is 13.3 Å². The number of aromatic nitrogens is 2. The molecule has 1 aromatic carbocycles. The first kappa shape index (κ1) is 15.2. The van der Waals surface area contributed by atoms with Crippen LogP contribution in [0, 0.1) is 0 Å². The third-order valence-electron chi connectivity index (χ3n) is 3.24. The van der Waals surface area contributed by atoms with Gasteiger partial charge in [-0.25, -0.2) is 4.98 Å². The van der Waals surface area contributed by atoms with Crippen molar-refractivity contribution in [3.63, 3.8) is 0 Å². The molecule has 0 spiro atoms. The number of hydrazine groups is 1. The van der Waals surface area contributed by atoms with Crippen LogP contribution >= 0.6 is 0 Å². The molecule has 6 nitrogen and oxygen atoms in total. The van der Waals surface area contributed by atoms with E-state index in [1.165, 1.54) is 12.7 Å². The predicted octanol–water partition coefficient (Wildman–Crippen LogP) is 1.63. The largest absolute Gasteiger partial charge is 0.480 e. The van der Waals surface area contributed by atoms with Gasteiger partial charge in [0.25, 0.3) is 0 Å². The lowest BCUT2D eigenvalue weighted by atomic mass is 10.0. The van der Waals surface area contributed by atoms with E-state index >= 15 is 0 Å². The molecule has 1 atom stereocenters. The minimum atomic E-state index is -0.140. The van der Waals surface area contributed by atoms with Gasteiger partial charge in [0, 0.05) is 0 Å². The summed E-state index contributed by atoms with van der Waals surface area (Å²) >= 11 is 0. The Morgan fingerprint density at radius 1 is 1.19 bits per heavy atom. The zero-order valence-electron chi connectivity index (χ0n) is 12.2. The fourth-order valence-corrected chi connectivity index (χ4v) is 2.11. The minimum Gasteiger partial charge on any atom is -0.480 e. The molecule has 1 heterocycles. The molecule has 0 aliphatic carbocycles. The van der Waals surface area contributed by atoms with Crippen molar-refractivity contribution in [2.45, 2.75) is 18.9 Å². The van der Waals surface area contributed by atoms with Crippen molar-refractivity contribution in [2.75, 3.05) is 14.2 Å². The molecule has 0 bridgehead atoms. The summed E-state index contributed by atoms with van der Waals surface area (Å²) in [6.45, 7) is 0. The van der Waals surface area contributed by atoms with E-state index in [1.807, 2.05) is 18.2 Å². The molecule has 1 unspecified atom stereocenters. The van der Waals surface area contributed by atoms with Crippen molar-refractivity contribution in [1.29, 1.82) is 0 Å². The third kappa shape index (κ3) is 3.90. The number of aryl methyl sites for hydroxylation is 1. The molecule has 1 aromatic heterocycles. The van der Waals surface area contributed by atoms with Crippen LogP contribution in [0.3, 0.4) is 0 Å². The van der Waals surface area contributed by atoms with Crippen LogP contribution in [-0.2, 0) is 6.42 Å². The van der Waals surface area contributed by atoms with Gasteiger partial charge in [-0.2, -0.15) is 4.98 Å². The van der Waals surface area contributed by atoms with Crippen LogP contribution in [0.4, 0.5) is 0 Å². The Kier molecular flexibility index (Phi) is 5.48. The SMILES string of the molecule is COc1cnc(C(CCc2ccccc2)NN)c(OC)n1. The van der Waals surface area contributed by atoms with Gasteiger partial charge >= 0.3 is 0 Å². The van der Waals surface area contributed by atoms with E-state index in [9.17, 15) is 0 Å². The second-order valence-electron chi connectivity index (χ2n) is 4.55. The van der Waals surface area contributed by atoms with Gasteiger partial charge in [0.15, 0.2) is 0 Å². The molecular formula is C15H20N4O2. The average Bonchev–Trinajstić information content (AvgIpc) is 2.56. The van der Waals surface area contributed by atoms with Gasteiger partial charge in [-0.3, -0.25) is 11.3 Å². The molecule has 0 saturated heterocycles. The molecule has 0 radical (unpaired) electrons. The number of ether oxygens (including phenoxy) is 2. The van der Waals surface area contributed by atoms with E-state index in [0.717, 1.165) is 12.8 Å². The lowest BCUT2D eigenvalue weighted by Gasteiger charge is -2.17. The average molecular weight is 288 g/mol. The molecule has 112 valence electrons. The van der Waals surface area contributed by atoms with Gasteiger partial charge in [0.1, 0.15) is 5.69 Å². The zero-order chi connectivity index (χ0) is 15.1. The maximum Gasteiger partial charge on any atom is 0.240 e. The number of hydrogen-bond acceptors (Lipinski definition) is 6. The number of nitrogens with zero attached hydrogens (tertiary/aromatic N) is 2. The van der Waals surface area contributed by atoms with Crippen molar-refractivity contribution in [3.8, 4) is 11.8 Å². The molecule has 0 saturated carbocycles. The molecular weight excluding hydrogens is 268 g/mol. The lowest BCUT2D eigenvalue weighted by molar-refractivity contribution is 0.347. The van der Waals surface area contributed by atoms with E-state index in [0.29, 0.717) is 17.5 Å². The highest BCUT2D eigenvalue weighted by Crippen LogP contribution is 2.25. The topological polar surface area (TPSA) is 82.3 Å². The standard InChI is InChI=1S/C15H20N4O2/c1-20-13-10-17-14(15(18-13)21-2)12(19-16)9-8-11-6-4-3-5-7-11/h3-7,10,12,19H,8-9,16H2,1-2H3. The van der Waals surface area contributed by atoms with Crippen LogP contribution in [0.15, 0.2) is 36.5 Å². The van der Waals surface area contributed by atoms with E-state index in [4.69, 9.17) is 15.3 Å². The Labute approximate surface area is 124 Å². The number of rotatable bonds is 7. The number of methoxy groups -OCH3 is 2.